The topological polar surface area (TPSA) is 78.0 Å². The van der Waals surface area contributed by atoms with E-state index in [4.69, 9.17) is 0 Å². The molecule has 2 fully saturated rings. The van der Waals surface area contributed by atoms with Gasteiger partial charge in [-0.05, 0) is 50.0 Å². The number of nitrogens with zero attached hydrogens (tertiary/aromatic N) is 3. The first-order valence-electron chi connectivity index (χ1n) is 10.0. The lowest BCUT2D eigenvalue weighted by Crippen LogP contribution is -2.53. The monoisotopic (exact) mass is 419 g/mol. The minimum Gasteiger partial charge on any atom is -0.340 e. The van der Waals surface area contributed by atoms with Crippen LogP contribution in [0.1, 0.15) is 24.0 Å². The van der Waals surface area contributed by atoms with Gasteiger partial charge < -0.3 is 9.80 Å². The molecule has 0 saturated carbocycles. The molecule has 0 N–H and O–H groups in total. The predicted molar refractivity (Wildman–Crippen MR) is 111 cm³/mol. The number of amides is 2. The molecule has 158 valence electrons. The fourth-order valence-corrected chi connectivity index (χ4v) is 5.74. The minimum absolute atomic E-state index is 0.0690. The first-order chi connectivity index (χ1) is 13.7. The Balaban J connectivity index is 1.59. The molecule has 8 heteroatoms. The zero-order chi connectivity index (χ0) is 21.2. The Kier molecular flexibility index (Phi) is 6.43. The van der Waals surface area contributed by atoms with E-state index >= 15 is 0 Å². The first kappa shape index (κ1) is 21.5. The second kappa shape index (κ2) is 8.67. The van der Waals surface area contributed by atoms with Gasteiger partial charge in [0.15, 0.2) is 0 Å². The van der Waals surface area contributed by atoms with Crippen molar-refractivity contribution in [1.82, 2.24) is 14.1 Å². The third-order valence-corrected chi connectivity index (χ3v) is 7.88. The van der Waals surface area contributed by atoms with Crippen molar-refractivity contribution in [3.05, 3.63) is 42.0 Å². The van der Waals surface area contributed by atoms with Gasteiger partial charge in [0.25, 0.3) is 0 Å². The van der Waals surface area contributed by atoms with Gasteiger partial charge in [0.05, 0.1) is 4.90 Å². The average molecular weight is 420 g/mol. The van der Waals surface area contributed by atoms with Crippen molar-refractivity contribution in [1.29, 1.82) is 0 Å². The number of piperidine rings is 1. The zero-order valence-corrected chi connectivity index (χ0v) is 18.0. The Bertz CT molecular complexity index is 897. The maximum atomic E-state index is 13.0. The molecule has 0 unspecified atom stereocenters. The summed E-state index contributed by atoms with van der Waals surface area (Å²) in [5.74, 6) is -0.133. The van der Waals surface area contributed by atoms with Crippen molar-refractivity contribution in [3.63, 3.8) is 0 Å². The fourth-order valence-electron chi connectivity index (χ4n) is 4.01. The van der Waals surface area contributed by atoms with Gasteiger partial charge in [0, 0.05) is 45.2 Å². The van der Waals surface area contributed by atoms with Crippen LogP contribution >= 0.6 is 0 Å². The third kappa shape index (κ3) is 4.53. The Morgan fingerprint density at radius 3 is 2.21 bits per heavy atom. The highest BCUT2D eigenvalue weighted by Crippen LogP contribution is 2.24. The molecule has 0 radical (unpaired) electrons. The van der Waals surface area contributed by atoms with Crippen molar-refractivity contribution in [3.8, 4) is 0 Å². The van der Waals surface area contributed by atoms with Crippen molar-refractivity contribution in [2.45, 2.75) is 31.6 Å². The van der Waals surface area contributed by atoms with E-state index in [-0.39, 0.29) is 17.7 Å². The summed E-state index contributed by atoms with van der Waals surface area (Å²) in [7, 11) is -3.57. The highest BCUT2D eigenvalue weighted by atomic mass is 32.2. The lowest BCUT2D eigenvalue weighted by molar-refractivity contribution is -0.140. The smallest absolute Gasteiger partial charge is 0.245 e. The van der Waals surface area contributed by atoms with Gasteiger partial charge in [0.1, 0.15) is 0 Å². The van der Waals surface area contributed by atoms with Gasteiger partial charge in [-0.2, -0.15) is 4.31 Å². The largest absolute Gasteiger partial charge is 0.340 e. The number of carbonyl (C=O) groups excluding carboxylic acids is 2. The summed E-state index contributed by atoms with van der Waals surface area (Å²) in [4.78, 5) is 28.4. The van der Waals surface area contributed by atoms with Crippen molar-refractivity contribution in [2.75, 3.05) is 39.3 Å². The van der Waals surface area contributed by atoms with E-state index in [1.54, 1.807) is 22.8 Å². The van der Waals surface area contributed by atoms with Crippen molar-refractivity contribution in [2.24, 2.45) is 5.92 Å². The van der Waals surface area contributed by atoms with Crippen LogP contribution in [0.25, 0.3) is 0 Å². The summed E-state index contributed by atoms with van der Waals surface area (Å²) in [5, 5.41) is 0. The molecule has 3 rings (SSSR count). The number of hydrogen-bond donors (Lipinski definition) is 0. The van der Waals surface area contributed by atoms with Crippen LogP contribution in [-0.4, -0.2) is 73.6 Å². The van der Waals surface area contributed by atoms with Crippen LogP contribution in [0.15, 0.2) is 35.7 Å². The van der Waals surface area contributed by atoms with Gasteiger partial charge in [-0.3, -0.25) is 9.59 Å². The highest BCUT2D eigenvalue weighted by molar-refractivity contribution is 7.89. The molecule has 1 aromatic rings. The van der Waals surface area contributed by atoms with Crippen LogP contribution in [0.2, 0.25) is 0 Å². The van der Waals surface area contributed by atoms with Crippen molar-refractivity contribution < 1.29 is 18.0 Å². The molecule has 0 aliphatic carbocycles. The summed E-state index contributed by atoms with van der Waals surface area (Å²) >= 11 is 0. The Labute approximate surface area is 173 Å². The summed E-state index contributed by atoms with van der Waals surface area (Å²) in [6.07, 6.45) is 2.58. The van der Waals surface area contributed by atoms with Gasteiger partial charge in [-0.1, -0.05) is 18.7 Å². The summed E-state index contributed by atoms with van der Waals surface area (Å²) in [5.41, 5.74) is 1.64. The van der Waals surface area contributed by atoms with Gasteiger partial charge in [-0.15, -0.1) is 0 Å². The number of carbonyl (C=O) groups is 2. The molecule has 29 heavy (non-hydrogen) atoms. The van der Waals surface area contributed by atoms with Crippen LogP contribution < -0.4 is 0 Å². The highest BCUT2D eigenvalue weighted by Gasteiger charge is 2.34. The normalized spacial score (nSPS) is 19.2. The molecule has 2 heterocycles. The Hall–Kier alpha value is -2.19. The molecule has 2 aliphatic rings. The maximum Gasteiger partial charge on any atom is 0.245 e. The molecule has 0 bridgehead atoms. The van der Waals surface area contributed by atoms with Crippen LogP contribution in [0, 0.1) is 19.8 Å². The molecule has 0 aromatic heterocycles. The van der Waals surface area contributed by atoms with Crippen LogP contribution in [0.4, 0.5) is 0 Å². The predicted octanol–water partition coefficient (Wildman–Crippen LogP) is 1.56. The Morgan fingerprint density at radius 1 is 1.00 bits per heavy atom. The number of rotatable bonds is 4. The van der Waals surface area contributed by atoms with Crippen LogP contribution in [0.3, 0.4) is 0 Å². The molecule has 1 aromatic carbocycles. The number of benzene rings is 1. The fraction of sp³-hybridized carbons (Fsp3) is 0.524. The second-order valence-electron chi connectivity index (χ2n) is 7.80. The SMILES string of the molecule is C=CC(=O)N1CCC(C(=O)N2CCN(S(=O)(=O)c3cc(C)ccc3C)CC2)CC1. The third-order valence-electron chi connectivity index (χ3n) is 5.84. The van der Waals surface area contributed by atoms with E-state index in [1.807, 2.05) is 19.1 Å². The van der Waals surface area contributed by atoms with Gasteiger partial charge >= 0.3 is 0 Å². The molecule has 2 aliphatic heterocycles. The van der Waals surface area contributed by atoms with Gasteiger partial charge in [0.2, 0.25) is 21.8 Å². The van der Waals surface area contributed by atoms with E-state index < -0.39 is 10.0 Å². The van der Waals surface area contributed by atoms with E-state index in [1.165, 1.54) is 10.4 Å². The zero-order valence-electron chi connectivity index (χ0n) is 17.1. The molecular weight excluding hydrogens is 390 g/mol. The first-order valence-corrected chi connectivity index (χ1v) is 11.5. The van der Waals surface area contributed by atoms with Crippen molar-refractivity contribution >= 4 is 21.8 Å². The van der Waals surface area contributed by atoms with E-state index in [2.05, 4.69) is 6.58 Å². The van der Waals surface area contributed by atoms with Crippen LogP contribution in [0.5, 0.6) is 0 Å². The van der Waals surface area contributed by atoms with E-state index in [0.29, 0.717) is 57.0 Å². The summed E-state index contributed by atoms with van der Waals surface area (Å²) in [6, 6.07) is 5.44. The Morgan fingerprint density at radius 2 is 1.62 bits per heavy atom. The molecular formula is C21H29N3O4S. The number of hydrogen-bond acceptors (Lipinski definition) is 4. The minimum atomic E-state index is -3.57. The number of piperazine rings is 1. The maximum absolute atomic E-state index is 13.0. The standard InChI is InChI=1S/C21H29N3O4S/c1-4-20(25)22-9-7-18(8-10-22)21(26)23-11-13-24(14-12-23)29(27,28)19-15-16(2)5-6-17(19)3/h4-6,15,18H,1,7-14H2,2-3H3. The number of aryl methyl sites for hydroxylation is 2. The number of sulfonamides is 1. The van der Waals surface area contributed by atoms with Gasteiger partial charge in [-0.25, -0.2) is 8.42 Å². The molecule has 7 nitrogen and oxygen atoms in total. The quantitative estimate of drug-likeness (QED) is 0.694. The molecule has 0 spiro atoms. The number of likely N-dealkylation sites (tertiary alicyclic amines) is 1. The van der Waals surface area contributed by atoms with E-state index in [0.717, 1.165) is 11.1 Å². The lowest BCUT2D eigenvalue weighted by atomic mass is 9.95. The second-order valence-corrected chi connectivity index (χ2v) is 9.71. The summed E-state index contributed by atoms with van der Waals surface area (Å²) in [6.45, 7) is 9.69. The molecule has 2 amide bonds. The molecule has 2 saturated heterocycles. The average Bonchev–Trinajstić information content (AvgIpc) is 2.74. The summed E-state index contributed by atoms with van der Waals surface area (Å²) < 4.78 is 27.6. The van der Waals surface area contributed by atoms with E-state index in [9.17, 15) is 18.0 Å². The van der Waals surface area contributed by atoms with Crippen LogP contribution in [-0.2, 0) is 19.6 Å². The molecule has 0 atom stereocenters. The lowest BCUT2D eigenvalue weighted by Gasteiger charge is -2.38.